The van der Waals surface area contributed by atoms with Gasteiger partial charge < -0.3 is 9.88 Å². The molecule has 1 aliphatic heterocycles. The Morgan fingerprint density at radius 1 is 1.00 bits per heavy atom. The average Bonchev–Trinajstić information content (AvgIpc) is 2.76. The minimum atomic E-state index is -4.46. The number of benzene rings is 2. The molecule has 0 amide bonds. The molecule has 1 aliphatic rings. The molecule has 2 nitrogen and oxygen atoms in total. The maximum absolute atomic E-state index is 13.6. The van der Waals surface area contributed by atoms with Crippen molar-refractivity contribution in [2.24, 2.45) is 0 Å². The Bertz CT molecular complexity index is 944. The predicted octanol–water partition coefficient (Wildman–Crippen LogP) is 5.13. The monoisotopic (exact) mass is 364 g/mol. The number of fused-ring (bicyclic) bond motifs is 3. The van der Waals surface area contributed by atoms with Gasteiger partial charge in [-0.25, -0.2) is 0 Å². The molecule has 4 rings (SSSR count). The summed E-state index contributed by atoms with van der Waals surface area (Å²) in [7, 11) is 0. The van der Waals surface area contributed by atoms with Crippen LogP contribution >= 0.6 is 11.6 Å². The summed E-state index contributed by atoms with van der Waals surface area (Å²) >= 11 is 5.83. The van der Waals surface area contributed by atoms with Gasteiger partial charge in [0.25, 0.3) is 0 Å². The maximum Gasteiger partial charge on any atom is 0.417 e. The molecule has 0 atom stereocenters. The van der Waals surface area contributed by atoms with Crippen molar-refractivity contribution < 1.29 is 13.2 Å². The normalized spacial score (nSPS) is 15.2. The Balaban J connectivity index is 2.01. The quantitative estimate of drug-likeness (QED) is 0.633. The smallest absolute Gasteiger partial charge is 0.343 e. The van der Waals surface area contributed by atoms with Crippen LogP contribution in [0.1, 0.15) is 11.3 Å². The second kappa shape index (κ2) is 6.07. The van der Waals surface area contributed by atoms with Gasteiger partial charge in [0.15, 0.2) is 0 Å². The van der Waals surface area contributed by atoms with E-state index >= 15 is 0 Å². The minimum absolute atomic E-state index is 0.0847. The zero-order valence-corrected chi connectivity index (χ0v) is 14.1. The molecular formula is C19H16ClF3N2. The largest absolute Gasteiger partial charge is 0.417 e. The molecule has 0 unspecified atom stereocenters. The molecule has 1 aromatic heterocycles. The Kier molecular flexibility index (Phi) is 4.01. The molecule has 0 saturated heterocycles. The van der Waals surface area contributed by atoms with Crippen molar-refractivity contribution in [3.05, 3.63) is 58.7 Å². The van der Waals surface area contributed by atoms with Crippen molar-refractivity contribution in [1.29, 1.82) is 0 Å². The zero-order valence-electron chi connectivity index (χ0n) is 13.3. The third kappa shape index (κ3) is 2.92. The molecule has 0 bridgehead atoms. The first kappa shape index (κ1) is 16.5. The summed E-state index contributed by atoms with van der Waals surface area (Å²) in [6.45, 7) is 2.42. The SMILES string of the molecule is FC(F)(F)c1cc(Cl)ccc1-c1cccc2cc3n(c12)CCNCC3. The molecule has 2 aromatic carbocycles. The van der Waals surface area contributed by atoms with Crippen molar-refractivity contribution >= 4 is 22.5 Å². The number of alkyl halides is 3. The molecule has 6 heteroatoms. The maximum atomic E-state index is 13.6. The highest BCUT2D eigenvalue weighted by Crippen LogP contribution is 2.41. The summed E-state index contributed by atoms with van der Waals surface area (Å²) in [5.74, 6) is 0. The van der Waals surface area contributed by atoms with Gasteiger partial charge in [0, 0.05) is 47.7 Å². The molecule has 0 aliphatic carbocycles. The molecule has 0 fully saturated rings. The first-order valence-electron chi connectivity index (χ1n) is 8.14. The number of nitrogens with one attached hydrogen (secondary N) is 1. The lowest BCUT2D eigenvalue weighted by molar-refractivity contribution is -0.137. The van der Waals surface area contributed by atoms with E-state index < -0.39 is 11.7 Å². The van der Waals surface area contributed by atoms with Gasteiger partial charge in [-0.15, -0.1) is 0 Å². The average molecular weight is 365 g/mol. The van der Waals surface area contributed by atoms with Gasteiger partial charge in [0.05, 0.1) is 11.1 Å². The fourth-order valence-electron chi connectivity index (χ4n) is 3.58. The van der Waals surface area contributed by atoms with Gasteiger partial charge in [-0.1, -0.05) is 35.9 Å². The first-order chi connectivity index (χ1) is 11.9. The Hall–Kier alpha value is -1.98. The number of aromatic nitrogens is 1. The second-order valence-electron chi connectivity index (χ2n) is 6.22. The van der Waals surface area contributed by atoms with E-state index in [1.165, 1.54) is 12.1 Å². The highest BCUT2D eigenvalue weighted by molar-refractivity contribution is 6.30. The molecule has 130 valence electrons. The summed E-state index contributed by atoms with van der Waals surface area (Å²) in [5, 5.41) is 4.38. The van der Waals surface area contributed by atoms with E-state index in [1.54, 1.807) is 6.07 Å². The minimum Gasteiger partial charge on any atom is -0.343 e. The van der Waals surface area contributed by atoms with Crippen LogP contribution in [0.3, 0.4) is 0 Å². The first-order valence-corrected chi connectivity index (χ1v) is 8.52. The van der Waals surface area contributed by atoms with Gasteiger partial charge >= 0.3 is 6.18 Å². The molecular weight excluding hydrogens is 349 g/mol. The third-order valence-corrected chi connectivity index (χ3v) is 4.89. The van der Waals surface area contributed by atoms with Crippen molar-refractivity contribution in [2.75, 3.05) is 13.1 Å². The lowest BCUT2D eigenvalue weighted by Crippen LogP contribution is -2.17. The number of para-hydroxylation sites is 1. The van der Waals surface area contributed by atoms with Gasteiger partial charge in [-0.2, -0.15) is 13.2 Å². The lowest BCUT2D eigenvalue weighted by Gasteiger charge is -2.16. The van der Waals surface area contributed by atoms with Crippen molar-refractivity contribution in [1.82, 2.24) is 9.88 Å². The van der Waals surface area contributed by atoms with Crippen LogP contribution in [0.15, 0.2) is 42.5 Å². The summed E-state index contributed by atoms with van der Waals surface area (Å²) < 4.78 is 42.8. The molecule has 0 radical (unpaired) electrons. The number of nitrogens with zero attached hydrogens (tertiary/aromatic N) is 1. The summed E-state index contributed by atoms with van der Waals surface area (Å²) in [6.07, 6.45) is -3.60. The predicted molar refractivity (Wildman–Crippen MR) is 94.0 cm³/mol. The van der Waals surface area contributed by atoms with Gasteiger partial charge in [0.1, 0.15) is 0 Å². The Morgan fingerprint density at radius 2 is 1.84 bits per heavy atom. The van der Waals surface area contributed by atoms with Gasteiger partial charge in [-0.3, -0.25) is 0 Å². The molecule has 0 spiro atoms. The Labute approximate surface area is 148 Å². The number of hydrogen-bond donors (Lipinski definition) is 1. The number of rotatable bonds is 1. The van der Waals surface area contributed by atoms with Crippen LogP contribution in [0.25, 0.3) is 22.0 Å². The molecule has 3 aromatic rings. The van der Waals surface area contributed by atoms with E-state index in [0.29, 0.717) is 5.56 Å². The Morgan fingerprint density at radius 3 is 2.64 bits per heavy atom. The van der Waals surface area contributed by atoms with Crippen LogP contribution in [0.2, 0.25) is 5.02 Å². The molecule has 1 N–H and O–H groups in total. The van der Waals surface area contributed by atoms with E-state index in [9.17, 15) is 13.2 Å². The van der Waals surface area contributed by atoms with Gasteiger partial charge in [-0.05, 0) is 23.8 Å². The van der Waals surface area contributed by atoms with E-state index in [2.05, 4.69) is 16.0 Å². The van der Waals surface area contributed by atoms with Gasteiger partial charge in [0.2, 0.25) is 0 Å². The fourth-order valence-corrected chi connectivity index (χ4v) is 3.75. The van der Waals surface area contributed by atoms with Crippen LogP contribution in [0, 0.1) is 0 Å². The van der Waals surface area contributed by atoms with Crippen LogP contribution in [0.5, 0.6) is 0 Å². The van der Waals surface area contributed by atoms with E-state index in [0.717, 1.165) is 48.7 Å². The molecule has 2 heterocycles. The topological polar surface area (TPSA) is 17.0 Å². The highest BCUT2D eigenvalue weighted by atomic mass is 35.5. The van der Waals surface area contributed by atoms with E-state index in [1.807, 2.05) is 12.1 Å². The molecule has 25 heavy (non-hydrogen) atoms. The summed E-state index contributed by atoms with van der Waals surface area (Å²) in [4.78, 5) is 0. The summed E-state index contributed by atoms with van der Waals surface area (Å²) in [5.41, 5.74) is 2.06. The summed E-state index contributed by atoms with van der Waals surface area (Å²) in [6, 6.07) is 11.6. The van der Waals surface area contributed by atoms with Crippen molar-refractivity contribution in [3.8, 4) is 11.1 Å². The van der Waals surface area contributed by atoms with E-state index in [4.69, 9.17) is 11.6 Å². The van der Waals surface area contributed by atoms with Crippen molar-refractivity contribution in [3.63, 3.8) is 0 Å². The molecule has 0 saturated carbocycles. The number of halogens is 4. The lowest BCUT2D eigenvalue weighted by atomic mass is 9.97. The zero-order chi connectivity index (χ0) is 17.6. The third-order valence-electron chi connectivity index (χ3n) is 4.65. The van der Waals surface area contributed by atoms with Crippen LogP contribution < -0.4 is 5.32 Å². The van der Waals surface area contributed by atoms with Crippen LogP contribution in [-0.4, -0.2) is 17.7 Å². The van der Waals surface area contributed by atoms with E-state index in [-0.39, 0.29) is 10.6 Å². The fraction of sp³-hybridized carbons (Fsp3) is 0.263. The van der Waals surface area contributed by atoms with Crippen LogP contribution in [-0.2, 0) is 19.1 Å². The van der Waals surface area contributed by atoms with Crippen LogP contribution in [0.4, 0.5) is 13.2 Å². The number of hydrogen-bond acceptors (Lipinski definition) is 1. The standard InChI is InChI=1S/C19H16ClF3N2/c20-13-4-5-15(17(11-13)19(21,22)23)16-3-1-2-12-10-14-6-7-24-8-9-25(14)18(12)16/h1-5,10-11,24H,6-9H2. The highest BCUT2D eigenvalue weighted by Gasteiger charge is 2.34. The second-order valence-corrected chi connectivity index (χ2v) is 6.65. The van der Waals surface area contributed by atoms with Crippen molar-refractivity contribution in [2.45, 2.75) is 19.1 Å².